The minimum Gasteiger partial charge on any atom is -0.493 e. The number of amides is 1. The second kappa shape index (κ2) is 13.0. The van der Waals surface area contributed by atoms with Crippen LogP contribution in [0.15, 0.2) is 36.4 Å². The molecule has 2 aromatic rings. The molecule has 1 saturated heterocycles. The van der Waals surface area contributed by atoms with Gasteiger partial charge in [0.25, 0.3) is 5.91 Å². The molecule has 32 heavy (non-hydrogen) atoms. The zero-order valence-corrected chi connectivity index (χ0v) is 20.9. The first-order valence-corrected chi connectivity index (χ1v) is 12.0. The van der Waals surface area contributed by atoms with Crippen molar-refractivity contribution in [1.29, 1.82) is 0 Å². The summed E-state index contributed by atoms with van der Waals surface area (Å²) in [7, 11) is 1.62. The monoisotopic (exact) mass is 553 g/mol. The van der Waals surface area contributed by atoms with E-state index in [4.69, 9.17) is 14.2 Å². The van der Waals surface area contributed by atoms with Crippen molar-refractivity contribution in [1.82, 2.24) is 10.2 Å². The van der Waals surface area contributed by atoms with Gasteiger partial charge in [-0.3, -0.25) is 9.69 Å². The first kappa shape index (κ1) is 24.8. The van der Waals surface area contributed by atoms with Crippen LogP contribution >= 0.6 is 22.6 Å². The number of halogens is 1. The molecule has 0 bridgehead atoms. The normalized spacial score (nSPS) is 14.2. The smallest absolute Gasteiger partial charge is 0.262 e. The molecule has 7 nitrogen and oxygen atoms in total. The molecule has 3 rings (SSSR count). The van der Waals surface area contributed by atoms with Crippen LogP contribution in [0.5, 0.6) is 11.5 Å². The number of morpholine rings is 1. The molecular formula is C24H32IN3O4. The van der Waals surface area contributed by atoms with E-state index in [-0.39, 0.29) is 12.5 Å². The zero-order chi connectivity index (χ0) is 22.8. The number of anilines is 1. The summed E-state index contributed by atoms with van der Waals surface area (Å²) in [6.07, 6.45) is 1.10. The molecule has 0 aromatic heterocycles. The number of carbonyl (C=O) groups excluding carboxylic acids is 1. The third-order valence-corrected chi connectivity index (χ3v) is 6.12. The van der Waals surface area contributed by atoms with Crippen LogP contribution < -0.4 is 20.1 Å². The lowest BCUT2D eigenvalue weighted by molar-refractivity contribution is -0.118. The van der Waals surface area contributed by atoms with Crippen molar-refractivity contribution in [2.24, 2.45) is 0 Å². The lowest BCUT2D eigenvalue weighted by atomic mass is 10.2. The van der Waals surface area contributed by atoms with Crippen molar-refractivity contribution >= 4 is 34.2 Å². The van der Waals surface area contributed by atoms with Crippen molar-refractivity contribution in [2.75, 3.05) is 58.4 Å². The topological polar surface area (TPSA) is 72.1 Å². The Balaban J connectivity index is 1.47. The van der Waals surface area contributed by atoms with E-state index in [0.717, 1.165) is 72.7 Å². The Bertz CT molecular complexity index is 888. The van der Waals surface area contributed by atoms with Crippen LogP contribution in [0.25, 0.3) is 0 Å². The van der Waals surface area contributed by atoms with Crippen LogP contribution in [0.1, 0.15) is 17.5 Å². The molecule has 2 N–H and O–H groups in total. The standard InChI is InChI=1S/C24H32IN3O4/c1-18-6-3-4-7-21(18)27-23(29)17-32-24-20(25)14-19(15-22(24)30-2)16-26-8-5-9-28-10-12-31-13-11-28/h3-4,6-7,14-15,26H,5,8-13,16-17H2,1-2H3,(H,27,29). The SMILES string of the molecule is COc1cc(CNCCCN2CCOCC2)cc(I)c1OCC(=O)Nc1ccccc1C. The maximum Gasteiger partial charge on any atom is 0.262 e. The molecule has 0 radical (unpaired) electrons. The Morgan fingerprint density at radius 1 is 1.22 bits per heavy atom. The fraction of sp³-hybridized carbons (Fsp3) is 0.458. The molecule has 1 amide bonds. The summed E-state index contributed by atoms with van der Waals surface area (Å²) < 4.78 is 17.7. The van der Waals surface area contributed by atoms with E-state index in [9.17, 15) is 4.79 Å². The van der Waals surface area contributed by atoms with Crippen LogP contribution in [0.4, 0.5) is 5.69 Å². The highest BCUT2D eigenvalue weighted by Crippen LogP contribution is 2.34. The number of carbonyl (C=O) groups is 1. The molecule has 0 aliphatic carbocycles. The Morgan fingerprint density at radius 2 is 2.00 bits per heavy atom. The molecule has 1 heterocycles. The predicted octanol–water partition coefficient (Wildman–Crippen LogP) is 3.44. The van der Waals surface area contributed by atoms with Gasteiger partial charge in [-0.05, 0) is 78.4 Å². The van der Waals surface area contributed by atoms with Gasteiger partial charge in [0.05, 0.1) is 23.9 Å². The summed E-state index contributed by atoms with van der Waals surface area (Å²) in [6.45, 7) is 8.41. The number of hydrogen-bond donors (Lipinski definition) is 2. The first-order chi connectivity index (χ1) is 15.6. The molecule has 8 heteroatoms. The average molecular weight is 553 g/mol. The maximum atomic E-state index is 12.3. The number of rotatable bonds is 11. The third kappa shape index (κ3) is 7.61. The van der Waals surface area contributed by atoms with Crippen LogP contribution in [0.2, 0.25) is 0 Å². The minimum atomic E-state index is -0.205. The lowest BCUT2D eigenvalue weighted by Crippen LogP contribution is -2.37. The van der Waals surface area contributed by atoms with Gasteiger partial charge in [-0.1, -0.05) is 18.2 Å². The van der Waals surface area contributed by atoms with Gasteiger partial charge in [0.1, 0.15) is 0 Å². The van der Waals surface area contributed by atoms with Gasteiger partial charge in [0, 0.05) is 25.3 Å². The van der Waals surface area contributed by atoms with Crippen LogP contribution in [-0.2, 0) is 16.1 Å². The Labute approximate surface area is 203 Å². The zero-order valence-electron chi connectivity index (χ0n) is 18.8. The molecule has 0 spiro atoms. The van der Waals surface area contributed by atoms with Gasteiger partial charge in [-0.15, -0.1) is 0 Å². The highest BCUT2D eigenvalue weighted by Gasteiger charge is 2.14. The molecule has 1 aliphatic rings. The predicted molar refractivity (Wildman–Crippen MR) is 135 cm³/mol. The van der Waals surface area contributed by atoms with Crippen molar-refractivity contribution in [3.05, 3.63) is 51.1 Å². The van der Waals surface area contributed by atoms with E-state index in [1.807, 2.05) is 37.3 Å². The van der Waals surface area contributed by atoms with Crippen LogP contribution in [-0.4, -0.2) is 63.9 Å². The minimum absolute atomic E-state index is 0.0835. The Morgan fingerprint density at radius 3 is 2.75 bits per heavy atom. The number of benzene rings is 2. The van der Waals surface area contributed by atoms with E-state index < -0.39 is 0 Å². The van der Waals surface area contributed by atoms with Crippen molar-refractivity contribution in [3.63, 3.8) is 0 Å². The van der Waals surface area contributed by atoms with Gasteiger partial charge in [-0.2, -0.15) is 0 Å². The van der Waals surface area contributed by atoms with E-state index in [2.05, 4.69) is 44.2 Å². The van der Waals surface area contributed by atoms with Crippen molar-refractivity contribution < 1.29 is 19.0 Å². The van der Waals surface area contributed by atoms with E-state index in [0.29, 0.717) is 11.5 Å². The second-order valence-corrected chi connectivity index (χ2v) is 8.91. The third-order valence-electron chi connectivity index (χ3n) is 5.32. The largest absolute Gasteiger partial charge is 0.493 e. The van der Waals surface area contributed by atoms with Crippen molar-refractivity contribution in [3.8, 4) is 11.5 Å². The first-order valence-electron chi connectivity index (χ1n) is 10.9. The summed E-state index contributed by atoms with van der Waals surface area (Å²) >= 11 is 2.23. The van der Waals surface area contributed by atoms with Gasteiger partial charge in [-0.25, -0.2) is 0 Å². The molecular weight excluding hydrogens is 521 g/mol. The number of nitrogens with one attached hydrogen (secondary N) is 2. The number of para-hydroxylation sites is 1. The number of methoxy groups -OCH3 is 1. The number of ether oxygens (including phenoxy) is 3. The highest BCUT2D eigenvalue weighted by atomic mass is 127. The molecule has 174 valence electrons. The quantitative estimate of drug-likeness (QED) is 0.328. The van der Waals surface area contributed by atoms with Crippen LogP contribution in [0, 0.1) is 10.5 Å². The summed E-state index contributed by atoms with van der Waals surface area (Å²) in [5.41, 5.74) is 2.92. The maximum absolute atomic E-state index is 12.3. The molecule has 2 aromatic carbocycles. The van der Waals surface area contributed by atoms with Crippen LogP contribution in [0.3, 0.4) is 0 Å². The van der Waals surface area contributed by atoms with E-state index >= 15 is 0 Å². The van der Waals surface area contributed by atoms with E-state index in [1.54, 1.807) is 7.11 Å². The fourth-order valence-corrected chi connectivity index (χ4v) is 4.36. The Hall–Kier alpha value is -1.88. The molecule has 0 unspecified atom stereocenters. The Kier molecular flexibility index (Phi) is 10.0. The molecule has 0 atom stereocenters. The van der Waals surface area contributed by atoms with Gasteiger partial charge < -0.3 is 24.8 Å². The average Bonchev–Trinajstić information content (AvgIpc) is 2.80. The number of hydrogen-bond acceptors (Lipinski definition) is 6. The second-order valence-electron chi connectivity index (χ2n) is 7.75. The fourth-order valence-electron chi connectivity index (χ4n) is 3.54. The van der Waals surface area contributed by atoms with Gasteiger partial charge >= 0.3 is 0 Å². The summed E-state index contributed by atoms with van der Waals surface area (Å²) in [4.78, 5) is 14.8. The number of nitrogens with zero attached hydrogens (tertiary/aromatic N) is 1. The molecule has 1 aliphatic heterocycles. The lowest BCUT2D eigenvalue weighted by Gasteiger charge is -2.26. The molecule has 0 saturated carbocycles. The van der Waals surface area contributed by atoms with Crippen molar-refractivity contribution in [2.45, 2.75) is 19.9 Å². The summed E-state index contributed by atoms with van der Waals surface area (Å²) in [5, 5.41) is 6.38. The number of aryl methyl sites for hydroxylation is 1. The summed E-state index contributed by atoms with van der Waals surface area (Å²) in [5.74, 6) is 1.01. The van der Waals surface area contributed by atoms with Gasteiger partial charge in [0.2, 0.25) is 0 Å². The summed E-state index contributed by atoms with van der Waals surface area (Å²) in [6, 6.07) is 11.7. The van der Waals surface area contributed by atoms with E-state index in [1.165, 1.54) is 0 Å². The molecule has 1 fully saturated rings. The highest BCUT2D eigenvalue weighted by molar-refractivity contribution is 14.1. The van der Waals surface area contributed by atoms with Gasteiger partial charge in [0.15, 0.2) is 18.1 Å².